The van der Waals surface area contributed by atoms with Gasteiger partial charge in [-0.2, -0.15) is 0 Å². The highest BCUT2D eigenvalue weighted by atomic mass is 16.6. The first kappa shape index (κ1) is 20.1. The van der Waals surface area contributed by atoms with Gasteiger partial charge in [0.15, 0.2) is 5.71 Å². The lowest BCUT2D eigenvalue weighted by Gasteiger charge is -2.18. The zero-order chi connectivity index (χ0) is 21.1. The highest BCUT2D eigenvalue weighted by Gasteiger charge is 2.62. The molecule has 2 aromatic rings. The van der Waals surface area contributed by atoms with E-state index in [1.54, 1.807) is 6.07 Å². The van der Waals surface area contributed by atoms with Crippen molar-refractivity contribution in [2.45, 2.75) is 38.2 Å². The number of benzene rings is 2. The number of nitrogens with two attached hydrogens (primary N) is 1. The molecule has 0 aliphatic heterocycles. The Labute approximate surface area is 176 Å². The fraction of sp³-hybridized carbons (Fsp3) is 0.375. The van der Waals surface area contributed by atoms with Crippen LogP contribution in [0.5, 0.6) is 0 Å². The van der Waals surface area contributed by atoms with Crippen LogP contribution in [0.3, 0.4) is 0 Å². The van der Waals surface area contributed by atoms with Gasteiger partial charge in [-0.3, -0.25) is 4.79 Å². The minimum Gasteiger partial charge on any atom is -0.398 e. The molecule has 0 bridgehead atoms. The van der Waals surface area contributed by atoms with Crippen LogP contribution in [0.15, 0.2) is 64.9 Å². The van der Waals surface area contributed by atoms with Crippen molar-refractivity contribution in [1.29, 1.82) is 0 Å². The number of oxime groups is 2. The van der Waals surface area contributed by atoms with E-state index in [-0.39, 0.29) is 17.7 Å². The van der Waals surface area contributed by atoms with Crippen LogP contribution in [0, 0.1) is 11.8 Å². The summed E-state index contributed by atoms with van der Waals surface area (Å²) in [5, 5.41) is 8.28. The van der Waals surface area contributed by atoms with Crippen molar-refractivity contribution in [2.24, 2.45) is 27.9 Å². The van der Waals surface area contributed by atoms with Crippen molar-refractivity contribution in [3.8, 4) is 0 Å². The maximum Gasteiger partial charge on any atom is 0.271 e. The van der Waals surface area contributed by atoms with Crippen molar-refractivity contribution in [3.63, 3.8) is 0 Å². The standard InChI is InChI=1S/C24H27N3O3/c1-16(24(14-21(24)17-12-13-17)19-9-4-3-5-10-19)26-30-15-18-8-6-7-11-20(18)22(23(25)28)27-29-2/h3-11,17,21H,12-15H2,1-2H3,(H2,25,28)/b26-16-,27-22-. The van der Waals surface area contributed by atoms with Crippen LogP contribution in [0.4, 0.5) is 0 Å². The predicted octanol–water partition coefficient (Wildman–Crippen LogP) is 3.78. The van der Waals surface area contributed by atoms with Crippen molar-refractivity contribution >= 4 is 17.3 Å². The van der Waals surface area contributed by atoms with Crippen molar-refractivity contribution in [1.82, 2.24) is 0 Å². The average molecular weight is 405 g/mol. The minimum absolute atomic E-state index is 0.0160. The Kier molecular flexibility index (Phi) is 5.57. The Balaban J connectivity index is 1.54. The second-order valence-electron chi connectivity index (χ2n) is 8.08. The molecule has 4 rings (SSSR count). The Morgan fingerprint density at radius 2 is 1.80 bits per heavy atom. The number of rotatable bonds is 9. The van der Waals surface area contributed by atoms with E-state index in [1.165, 1.54) is 25.5 Å². The molecule has 2 fully saturated rings. The van der Waals surface area contributed by atoms with Gasteiger partial charge in [0.25, 0.3) is 5.91 Å². The smallest absolute Gasteiger partial charge is 0.271 e. The van der Waals surface area contributed by atoms with E-state index in [4.69, 9.17) is 15.4 Å². The predicted molar refractivity (Wildman–Crippen MR) is 116 cm³/mol. The lowest BCUT2D eigenvalue weighted by Crippen LogP contribution is -2.25. The molecule has 6 nitrogen and oxygen atoms in total. The normalized spacial score (nSPS) is 23.7. The third-order valence-electron chi connectivity index (χ3n) is 6.25. The molecule has 0 aromatic heterocycles. The van der Waals surface area contributed by atoms with Crippen molar-refractivity contribution in [3.05, 3.63) is 71.3 Å². The van der Waals surface area contributed by atoms with Gasteiger partial charge in [-0.15, -0.1) is 0 Å². The third kappa shape index (κ3) is 3.82. The van der Waals surface area contributed by atoms with Gasteiger partial charge in [0.1, 0.15) is 13.7 Å². The van der Waals surface area contributed by atoms with Gasteiger partial charge in [0.2, 0.25) is 0 Å². The fourth-order valence-electron chi connectivity index (χ4n) is 4.52. The first-order chi connectivity index (χ1) is 14.6. The second kappa shape index (κ2) is 8.30. The highest BCUT2D eigenvalue weighted by molar-refractivity contribution is 6.45. The summed E-state index contributed by atoms with van der Waals surface area (Å²) in [6.07, 6.45) is 3.76. The maximum atomic E-state index is 11.8. The van der Waals surface area contributed by atoms with Gasteiger partial charge in [0, 0.05) is 16.5 Å². The van der Waals surface area contributed by atoms with Crippen LogP contribution in [-0.2, 0) is 26.5 Å². The molecule has 0 spiro atoms. The molecule has 0 heterocycles. The number of amides is 1. The van der Waals surface area contributed by atoms with Crippen LogP contribution in [-0.4, -0.2) is 24.4 Å². The maximum absolute atomic E-state index is 11.8. The fourth-order valence-corrected chi connectivity index (χ4v) is 4.52. The number of nitrogens with zero attached hydrogens (tertiary/aromatic N) is 2. The topological polar surface area (TPSA) is 86.3 Å². The number of hydrogen-bond acceptors (Lipinski definition) is 5. The lowest BCUT2D eigenvalue weighted by molar-refractivity contribution is -0.112. The van der Waals surface area contributed by atoms with E-state index < -0.39 is 5.91 Å². The summed E-state index contributed by atoms with van der Waals surface area (Å²) in [7, 11) is 1.38. The molecule has 0 saturated heterocycles. The minimum atomic E-state index is -0.655. The molecule has 2 aliphatic rings. The van der Waals surface area contributed by atoms with Gasteiger partial charge in [-0.1, -0.05) is 64.9 Å². The van der Waals surface area contributed by atoms with E-state index in [2.05, 4.69) is 41.5 Å². The molecule has 6 heteroatoms. The third-order valence-corrected chi connectivity index (χ3v) is 6.25. The summed E-state index contributed by atoms with van der Waals surface area (Å²) in [4.78, 5) is 22.3. The Morgan fingerprint density at radius 1 is 1.10 bits per heavy atom. The van der Waals surface area contributed by atoms with Crippen LogP contribution in [0.2, 0.25) is 0 Å². The number of carbonyl (C=O) groups is 1. The lowest BCUT2D eigenvalue weighted by atomic mass is 9.87. The molecule has 2 aliphatic carbocycles. The van der Waals surface area contributed by atoms with Gasteiger partial charge >= 0.3 is 0 Å². The van der Waals surface area contributed by atoms with E-state index in [0.717, 1.165) is 23.6 Å². The van der Waals surface area contributed by atoms with Crippen LogP contribution < -0.4 is 5.73 Å². The highest BCUT2D eigenvalue weighted by Crippen LogP contribution is 2.64. The molecular weight excluding hydrogens is 378 g/mol. The summed E-state index contributed by atoms with van der Waals surface area (Å²) < 4.78 is 0. The van der Waals surface area contributed by atoms with Gasteiger partial charge in [-0.25, -0.2) is 0 Å². The quantitative estimate of drug-likeness (QED) is 0.509. The molecule has 156 valence electrons. The summed E-state index contributed by atoms with van der Waals surface area (Å²) in [5.41, 5.74) is 9.18. The Bertz CT molecular complexity index is 982. The zero-order valence-electron chi connectivity index (χ0n) is 17.4. The summed E-state index contributed by atoms with van der Waals surface area (Å²) in [6, 6.07) is 17.9. The monoisotopic (exact) mass is 405 g/mol. The summed E-state index contributed by atoms with van der Waals surface area (Å²) >= 11 is 0. The molecule has 0 radical (unpaired) electrons. The molecule has 2 N–H and O–H groups in total. The van der Waals surface area contributed by atoms with E-state index >= 15 is 0 Å². The molecule has 2 aromatic carbocycles. The van der Waals surface area contributed by atoms with Crippen molar-refractivity contribution < 1.29 is 14.5 Å². The SMILES string of the molecule is CO/N=C(\C(N)=O)c1ccccc1CO/N=C(/C)C1(c2ccccc2)CC1C1CC1. The van der Waals surface area contributed by atoms with E-state index in [9.17, 15) is 4.79 Å². The van der Waals surface area contributed by atoms with Crippen LogP contribution in [0.25, 0.3) is 0 Å². The molecule has 30 heavy (non-hydrogen) atoms. The van der Waals surface area contributed by atoms with Gasteiger partial charge < -0.3 is 15.4 Å². The average Bonchev–Trinajstić information content (AvgIpc) is 3.66. The van der Waals surface area contributed by atoms with E-state index in [0.29, 0.717) is 11.5 Å². The van der Waals surface area contributed by atoms with Crippen molar-refractivity contribution in [2.75, 3.05) is 7.11 Å². The summed E-state index contributed by atoms with van der Waals surface area (Å²) in [6.45, 7) is 2.27. The number of primary amides is 1. The van der Waals surface area contributed by atoms with Gasteiger partial charge in [-0.05, 0) is 43.6 Å². The molecule has 2 atom stereocenters. The zero-order valence-corrected chi connectivity index (χ0v) is 17.4. The largest absolute Gasteiger partial charge is 0.398 e. The first-order valence-corrected chi connectivity index (χ1v) is 10.3. The Morgan fingerprint density at radius 3 is 2.47 bits per heavy atom. The molecular formula is C24H27N3O3. The Hall–Kier alpha value is -3.15. The molecule has 1 amide bonds. The first-order valence-electron chi connectivity index (χ1n) is 10.3. The number of carbonyl (C=O) groups excluding carboxylic acids is 1. The molecule has 2 saturated carbocycles. The molecule has 2 unspecified atom stereocenters. The second-order valence-corrected chi connectivity index (χ2v) is 8.08. The number of hydrogen-bond donors (Lipinski definition) is 1. The van der Waals surface area contributed by atoms with E-state index in [1.807, 2.05) is 24.3 Å². The van der Waals surface area contributed by atoms with Crippen LogP contribution >= 0.6 is 0 Å². The van der Waals surface area contributed by atoms with Crippen LogP contribution in [0.1, 0.15) is 42.9 Å². The van der Waals surface area contributed by atoms with Gasteiger partial charge in [0.05, 0.1) is 5.71 Å². The summed E-state index contributed by atoms with van der Waals surface area (Å²) in [5.74, 6) is 0.798.